The van der Waals surface area contributed by atoms with Gasteiger partial charge in [-0.2, -0.15) is 5.10 Å². The van der Waals surface area contributed by atoms with E-state index in [1.54, 1.807) is 0 Å². The van der Waals surface area contributed by atoms with Crippen molar-refractivity contribution in [2.45, 2.75) is 50.1 Å². The summed E-state index contributed by atoms with van der Waals surface area (Å²) in [5.41, 5.74) is 0.151. The minimum atomic E-state index is 0.151. The molecule has 1 spiro atoms. The molecule has 18 heavy (non-hydrogen) atoms. The monoisotopic (exact) mass is 311 g/mol. The fraction of sp³-hybridized carbons (Fsp3) is 0.692. The predicted octanol–water partition coefficient (Wildman–Crippen LogP) is 2.75. The second-order valence-corrected chi connectivity index (χ2v) is 6.46. The Labute approximate surface area is 115 Å². The highest BCUT2D eigenvalue weighted by molar-refractivity contribution is 9.10. The van der Waals surface area contributed by atoms with Crippen LogP contribution in [-0.2, 0) is 4.79 Å². The lowest BCUT2D eigenvalue weighted by atomic mass is 9.78. The summed E-state index contributed by atoms with van der Waals surface area (Å²) in [5, 5.41) is 4.38. The van der Waals surface area contributed by atoms with Gasteiger partial charge in [0.1, 0.15) is 0 Å². The van der Waals surface area contributed by atoms with Crippen molar-refractivity contribution >= 4 is 21.8 Å². The lowest BCUT2D eigenvalue weighted by Gasteiger charge is -2.42. The molecule has 98 valence electrons. The number of carbonyl (C=O) groups is 1. The Hall–Kier alpha value is -0.840. The first-order chi connectivity index (χ1) is 8.61. The molecule has 0 radical (unpaired) electrons. The molecule has 1 saturated carbocycles. The molecule has 0 aromatic carbocycles. The van der Waals surface area contributed by atoms with E-state index in [1.807, 2.05) is 24.3 Å². The first-order valence-electron chi connectivity index (χ1n) is 6.57. The highest BCUT2D eigenvalue weighted by atomic mass is 79.9. The van der Waals surface area contributed by atoms with Gasteiger partial charge in [-0.15, -0.1) is 0 Å². The summed E-state index contributed by atoms with van der Waals surface area (Å²) in [6, 6.07) is 0.492. The van der Waals surface area contributed by atoms with Crippen molar-refractivity contribution in [2.24, 2.45) is 0 Å². The van der Waals surface area contributed by atoms with E-state index >= 15 is 0 Å². The number of hydrogen-bond donors (Lipinski definition) is 0. The number of nitrogens with zero attached hydrogens (tertiary/aromatic N) is 3. The maximum absolute atomic E-state index is 11.7. The largest absolute Gasteiger partial charge is 0.340 e. The SMILES string of the molecule is CN1C(=O)CCC12CCC(n1cc(Br)cn1)CC2. The van der Waals surface area contributed by atoms with Gasteiger partial charge in [0.25, 0.3) is 0 Å². The fourth-order valence-corrected chi connectivity index (χ4v) is 3.75. The lowest BCUT2D eigenvalue weighted by molar-refractivity contribution is -0.130. The average Bonchev–Trinajstić information content (AvgIpc) is 2.92. The van der Waals surface area contributed by atoms with Crippen LogP contribution in [0.2, 0.25) is 0 Å². The number of amides is 1. The molecule has 1 amide bonds. The van der Waals surface area contributed by atoms with Gasteiger partial charge >= 0.3 is 0 Å². The maximum Gasteiger partial charge on any atom is 0.222 e. The van der Waals surface area contributed by atoms with Crippen LogP contribution in [0.4, 0.5) is 0 Å². The molecule has 2 heterocycles. The molecule has 4 nitrogen and oxygen atoms in total. The molecule has 1 aliphatic heterocycles. The van der Waals surface area contributed by atoms with Crippen molar-refractivity contribution in [2.75, 3.05) is 7.05 Å². The van der Waals surface area contributed by atoms with E-state index in [-0.39, 0.29) is 5.54 Å². The molecule has 1 aliphatic carbocycles. The van der Waals surface area contributed by atoms with Crippen molar-refractivity contribution in [3.63, 3.8) is 0 Å². The van der Waals surface area contributed by atoms with Crippen LogP contribution in [0, 0.1) is 0 Å². The minimum absolute atomic E-state index is 0.151. The number of rotatable bonds is 1. The van der Waals surface area contributed by atoms with Crippen LogP contribution < -0.4 is 0 Å². The van der Waals surface area contributed by atoms with E-state index in [0.717, 1.165) is 43.0 Å². The van der Waals surface area contributed by atoms with Crippen LogP contribution in [0.25, 0.3) is 0 Å². The van der Waals surface area contributed by atoms with Crippen LogP contribution >= 0.6 is 15.9 Å². The van der Waals surface area contributed by atoms with E-state index in [4.69, 9.17) is 0 Å². The van der Waals surface area contributed by atoms with Gasteiger partial charge in [0.2, 0.25) is 5.91 Å². The van der Waals surface area contributed by atoms with Crippen molar-refractivity contribution in [1.29, 1.82) is 0 Å². The Morgan fingerprint density at radius 2 is 2.11 bits per heavy atom. The smallest absolute Gasteiger partial charge is 0.222 e. The van der Waals surface area contributed by atoms with Gasteiger partial charge < -0.3 is 4.90 Å². The molecule has 0 bridgehead atoms. The Bertz CT molecular complexity index is 463. The molecule has 3 rings (SSSR count). The van der Waals surface area contributed by atoms with Gasteiger partial charge in [0.15, 0.2) is 0 Å². The Morgan fingerprint density at radius 1 is 1.39 bits per heavy atom. The van der Waals surface area contributed by atoms with Gasteiger partial charge in [0, 0.05) is 25.2 Å². The van der Waals surface area contributed by atoms with E-state index in [0.29, 0.717) is 11.9 Å². The summed E-state index contributed by atoms with van der Waals surface area (Å²) in [6.07, 6.45) is 10.1. The van der Waals surface area contributed by atoms with E-state index in [2.05, 4.69) is 25.7 Å². The van der Waals surface area contributed by atoms with Crippen molar-refractivity contribution in [3.8, 4) is 0 Å². The first-order valence-corrected chi connectivity index (χ1v) is 7.36. The topological polar surface area (TPSA) is 38.1 Å². The number of likely N-dealkylation sites (tertiary alicyclic amines) is 1. The first kappa shape index (κ1) is 12.2. The second-order valence-electron chi connectivity index (χ2n) is 5.55. The molecular formula is C13H18BrN3O. The fourth-order valence-electron chi connectivity index (χ4n) is 3.44. The maximum atomic E-state index is 11.7. The van der Waals surface area contributed by atoms with Crippen molar-refractivity contribution < 1.29 is 4.79 Å². The van der Waals surface area contributed by atoms with Crippen molar-refractivity contribution in [3.05, 3.63) is 16.9 Å². The summed E-state index contributed by atoms with van der Waals surface area (Å²) in [4.78, 5) is 13.7. The van der Waals surface area contributed by atoms with Crippen molar-refractivity contribution in [1.82, 2.24) is 14.7 Å². The summed E-state index contributed by atoms with van der Waals surface area (Å²) in [7, 11) is 1.97. The molecular weight excluding hydrogens is 294 g/mol. The van der Waals surface area contributed by atoms with E-state index in [1.165, 1.54) is 0 Å². The third-order valence-corrected chi connectivity index (χ3v) is 5.13. The Balaban J connectivity index is 1.70. The quantitative estimate of drug-likeness (QED) is 0.800. The molecule has 0 N–H and O–H groups in total. The van der Waals surface area contributed by atoms with Gasteiger partial charge in [-0.3, -0.25) is 9.48 Å². The third-order valence-electron chi connectivity index (χ3n) is 4.72. The molecule has 2 aliphatic rings. The second kappa shape index (κ2) is 4.37. The predicted molar refractivity (Wildman–Crippen MR) is 72.2 cm³/mol. The molecule has 1 aromatic heterocycles. The number of halogens is 1. The highest BCUT2D eigenvalue weighted by Gasteiger charge is 2.45. The Kier molecular flexibility index (Phi) is 2.96. The van der Waals surface area contributed by atoms with Gasteiger partial charge in [-0.1, -0.05) is 0 Å². The zero-order valence-electron chi connectivity index (χ0n) is 10.6. The summed E-state index contributed by atoms with van der Waals surface area (Å²) >= 11 is 3.44. The standard InChI is InChI=1S/C13H18BrN3O/c1-16-12(18)4-7-13(16)5-2-11(3-6-13)17-9-10(14)8-15-17/h8-9,11H,2-7H2,1H3. The Morgan fingerprint density at radius 3 is 2.61 bits per heavy atom. The van der Waals surface area contributed by atoms with Crippen LogP contribution in [-0.4, -0.2) is 33.2 Å². The minimum Gasteiger partial charge on any atom is -0.340 e. The summed E-state index contributed by atoms with van der Waals surface area (Å²) in [5.74, 6) is 0.315. The zero-order chi connectivity index (χ0) is 12.8. The number of aromatic nitrogens is 2. The van der Waals surface area contributed by atoms with Gasteiger partial charge in [-0.25, -0.2) is 0 Å². The molecule has 2 fully saturated rings. The number of hydrogen-bond acceptors (Lipinski definition) is 2. The van der Waals surface area contributed by atoms with E-state index < -0.39 is 0 Å². The highest BCUT2D eigenvalue weighted by Crippen LogP contribution is 2.44. The summed E-state index contributed by atoms with van der Waals surface area (Å²) < 4.78 is 3.10. The van der Waals surface area contributed by atoms with Crippen LogP contribution in [0.3, 0.4) is 0 Å². The third kappa shape index (κ3) is 1.88. The molecule has 0 unspecified atom stereocenters. The number of carbonyl (C=O) groups excluding carboxylic acids is 1. The van der Waals surface area contributed by atoms with Crippen LogP contribution in [0.1, 0.15) is 44.6 Å². The van der Waals surface area contributed by atoms with Gasteiger partial charge in [-0.05, 0) is 48.0 Å². The molecule has 1 saturated heterocycles. The molecule has 5 heteroatoms. The lowest BCUT2D eigenvalue weighted by Crippen LogP contribution is -2.46. The molecule has 1 aromatic rings. The zero-order valence-corrected chi connectivity index (χ0v) is 12.2. The molecule has 0 atom stereocenters. The summed E-state index contributed by atoms with van der Waals surface area (Å²) in [6.45, 7) is 0. The van der Waals surface area contributed by atoms with Gasteiger partial charge in [0.05, 0.1) is 16.7 Å². The van der Waals surface area contributed by atoms with Crippen LogP contribution in [0.5, 0.6) is 0 Å². The van der Waals surface area contributed by atoms with E-state index in [9.17, 15) is 4.79 Å². The normalized spacial score (nSPS) is 32.4. The van der Waals surface area contributed by atoms with Crippen LogP contribution in [0.15, 0.2) is 16.9 Å². The average molecular weight is 312 g/mol.